The Bertz CT molecular complexity index is 324. The Hall–Kier alpha value is -0.820. The highest BCUT2D eigenvalue weighted by Gasteiger charge is 2.28. The van der Waals surface area contributed by atoms with Crippen molar-refractivity contribution in [2.75, 3.05) is 0 Å². The normalized spacial score (nSPS) is 15.6. The van der Waals surface area contributed by atoms with E-state index in [1.807, 2.05) is 26.8 Å². The lowest BCUT2D eigenvalue weighted by atomic mass is 9.82. The minimum absolute atomic E-state index is 0.226. The maximum atomic E-state index is 10.3. The van der Waals surface area contributed by atoms with Crippen molar-refractivity contribution in [3.8, 4) is 0 Å². The Labute approximate surface area is 86.8 Å². The first-order valence-corrected chi connectivity index (χ1v) is 5.16. The molecule has 78 valence electrons. The fourth-order valence-electron chi connectivity index (χ4n) is 1.69. The van der Waals surface area contributed by atoms with Crippen LogP contribution in [0.4, 0.5) is 0 Å². The van der Waals surface area contributed by atoms with E-state index in [4.69, 9.17) is 0 Å². The lowest BCUT2D eigenvalue weighted by Gasteiger charge is -2.30. The molecule has 0 heterocycles. The highest BCUT2D eigenvalue weighted by atomic mass is 16.3. The van der Waals surface area contributed by atoms with E-state index in [0.29, 0.717) is 0 Å². The molecule has 0 aliphatic rings. The molecule has 0 bridgehead atoms. The van der Waals surface area contributed by atoms with E-state index in [2.05, 4.69) is 26.0 Å². The molecule has 14 heavy (non-hydrogen) atoms. The standard InChI is InChI=1S/C13H20O/c1-9(2)13(5,14)12-7-6-10(3)8-11(12)4/h6-9,14H,1-5H3/t13-/m0/s1. The highest BCUT2D eigenvalue weighted by Crippen LogP contribution is 2.31. The Morgan fingerprint density at radius 3 is 2.21 bits per heavy atom. The highest BCUT2D eigenvalue weighted by molar-refractivity contribution is 5.34. The second-order valence-electron chi connectivity index (χ2n) is 4.62. The van der Waals surface area contributed by atoms with Gasteiger partial charge in [0.25, 0.3) is 0 Å². The molecule has 0 spiro atoms. The van der Waals surface area contributed by atoms with E-state index in [1.165, 1.54) is 11.1 Å². The summed E-state index contributed by atoms with van der Waals surface area (Å²) in [6.07, 6.45) is 0. The average Bonchev–Trinajstić information content (AvgIpc) is 2.02. The van der Waals surface area contributed by atoms with E-state index in [1.54, 1.807) is 0 Å². The van der Waals surface area contributed by atoms with Gasteiger partial charge < -0.3 is 5.11 Å². The quantitative estimate of drug-likeness (QED) is 0.763. The molecule has 0 saturated heterocycles. The van der Waals surface area contributed by atoms with E-state index in [9.17, 15) is 5.11 Å². The van der Waals surface area contributed by atoms with Gasteiger partial charge in [-0.05, 0) is 37.8 Å². The molecular weight excluding hydrogens is 172 g/mol. The fraction of sp³-hybridized carbons (Fsp3) is 0.538. The lowest BCUT2D eigenvalue weighted by Crippen LogP contribution is -2.28. The van der Waals surface area contributed by atoms with Gasteiger partial charge in [0.1, 0.15) is 0 Å². The van der Waals surface area contributed by atoms with Crippen molar-refractivity contribution in [2.24, 2.45) is 5.92 Å². The molecule has 1 rings (SSSR count). The van der Waals surface area contributed by atoms with Gasteiger partial charge in [-0.25, -0.2) is 0 Å². The van der Waals surface area contributed by atoms with Crippen molar-refractivity contribution < 1.29 is 5.11 Å². The largest absolute Gasteiger partial charge is 0.385 e. The third-order valence-electron chi connectivity index (χ3n) is 3.05. The maximum absolute atomic E-state index is 10.3. The molecule has 0 saturated carbocycles. The predicted octanol–water partition coefficient (Wildman–Crippen LogP) is 3.17. The zero-order chi connectivity index (χ0) is 10.9. The molecule has 1 N–H and O–H groups in total. The van der Waals surface area contributed by atoms with E-state index < -0.39 is 5.60 Å². The van der Waals surface area contributed by atoms with Crippen molar-refractivity contribution in [3.63, 3.8) is 0 Å². The van der Waals surface area contributed by atoms with Gasteiger partial charge in [-0.3, -0.25) is 0 Å². The van der Waals surface area contributed by atoms with Crippen molar-refractivity contribution >= 4 is 0 Å². The predicted molar refractivity (Wildman–Crippen MR) is 60.3 cm³/mol. The molecule has 0 radical (unpaired) electrons. The summed E-state index contributed by atoms with van der Waals surface area (Å²) in [7, 11) is 0. The molecule has 1 aromatic carbocycles. The zero-order valence-electron chi connectivity index (χ0n) is 9.76. The second-order valence-corrected chi connectivity index (χ2v) is 4.62. The SMILES string of the molecule is Cc1ccc([C@@](C)(O)C(C)C)c(C)c1. The summed E-state index contributed by atoms with van der Waals surface area (Å²) in [4.78, 5) is 0. The van der Waals surface area contributed by atoms with Crippen LogP contribution < -0.4 is 0 Å². The van der Waals surface area contributed by atoms with Gasteiger partial charge in [0.2, 0.25) is 0 Å². The first-order valence-electron chi connectivity index (χ1n) is 5.16. The van der Waals surface area contributed by atoms with Crippen LogP contribution >= 0.6 is 0 Å². The van der Waals surface area contributed by atoms with E-state index >= 15 is 0 Å². The summed E-state index contributed by atoms with van der Waals surface area (Å²) in [6, 6.07) is 6.20. The Kier molecular flexibility index (Phi) is 3.01. The molecule has 0 fully saturated rings. The summed E-state index contributed by atoms with van der Waals surface area (Å²) >= 11 is 0. The number of aliphatic hydroxyl groups is 1. The molecule has 1 atom stereocenters. The third kappa shape index (κ3) is 1.98. The van der Waals surface area contributed by atoms with Crippen LogP contribution in [0, 0.1) is 19.8 Å². The van der Waals surface area contributed by atoms with Crippen molar-refractivity contribution in [1.82, 2.24) is 0 Å². The van der Waals surface area contributed by atoms with Crippen molar-refractivity contribution in [2.45, 2.75) is 40.2 Å². The van der Waals surface area contributed by atoms with Crippen LogP contribution in [0.2, 0.25) is 0 Å². The third-order valence-corrected chi connectivity index (χ3v) is 3.05. The number of hydrogen-bond donors (Lipinski definition) is 1. The van der Waals surface area contributed by atoms with Crippen LogP contribution in [0.3, 0.4) is 0 Å². The smallest absolute Gasteiger partial charge is 0.0893 e. The van der Waals surface area contributed by atoms with E-state index in [0.717, 1.165) is 5.56 Å². The topological polar surface area (TPSA) is 20.2 Å². The summed E-state index contributed by atoms with van der Waals surface area (Å²) in [6.45, 7) is 10.1. The van der Waals surface area contributed by atoms with Gasteiger partial charge in [-0.2, -0.15) is 0 Å². The van der Waals surface area contributed by atoms with Crippen LogP contribution in [0.25, 0.3) is 0 Å². The number of rotatable bonds is 2. The van der Waals surface area contributed by atoms with Gasteiger partial charge in [0.15, 0.2) is 0 Å². The van der Waals surface area contributed by atoms with Crippen molar-refractivity contribution in [3.05, 3.63) is 34.9 Å². The van der Waals surface area contributed by atoms with Gasteiger partial charge in [-0.15, -0.1) is 0 Å². The average molecular weight is 192 g/mol. The number of aryl methyl sites for hydroxylation is 2. The minimum Gasteiger partial charge on any atom is -0.385 e. The van der Waals surface area contributed by atoms with Crippen LogP contribution in [-0.4, -0.2) is 5.11 Å². The van der Waals surface area contributed by atoms with Crippen molar-refractivity contribution in [1.29, 1.82) is 0 Å². The molecule has 0 aliphatic carbocycles. The summed E-state index contributed by atoms with van der Waals surface area (Å²) in [5.41, 5.74) is 2.73. The summed E-state index contributed by atoms with van der Waals surface area (Å²) in [5.74, 6) is 0.226. The zero-order valence-corrected chi connectivity index (χ0v) is 9.76. The minimum atomic E-state index is -0.724. The molecule has 0 aliphatic heterocycles. The summed E-state index contributed by atoms with van der Waals surface area (Å²) in [5, 5.41) is 10.3. The molecular formula is C13H20O. The first kappa shape index (κ1) is 11.3. The molecule has 1 nitrogen and oxygen atoms in total. The molecule has 0 aromatic heterocycles. The van der Waals surface area contributed by atoms with Crippen LogP contribution in [0.5, 0.6) is 0 Å². The van der Waals surface area contributed by atoms with Gasteiger partial charge in [0.05, 0.1) is 5.60 Å². The van der Waals surface area contributed by atoms with E-state index in [-0.39, 0.29) is 5.92 Å². The summed E-state index contributed by atoms with van der Waals surface area (Å²) < 4.78 is 0. The Balaban J connectivity index is 3.19. The molecule has 1 heteroatoms. The Morgan fingerprint density at radius 2 is 1.79 bits per heavy atom. The molecule has 1 aromatic rings. The monoisotopic (exact) mass is 192 g/mol. The van der Waals surface area contributed by atoms with Gasteiger partial charge in [-0.1, -0.05) is 37.6 Å². The Morgan fingerprint density at radius 1 is 1.21 bits per heavy atom. The van der Waals surface area contributed by atoms with Gasteiger partial charge >= 0.3 is 0 Å². The second kappa shape index (κ2) is 3.74. The van der Waals surface area contributed by atoms with Gasteiger partial charge in [0, 0.05) is 0 Å². The number of hydrogen-bond acceptors (Lipinski definition) is 1. The number of benzene rings is 1. The maximum Gasteiger partial charge on any atom is 0.0893 e. The lowest BCUT2D eigenvalue weighted by molar-refractivity contribution is 0.00847. The van der Waals surface area contributed by atoms with Crippen LogP contribution in [-0.2, 0) is 5.60 Å². The molecule has 0 amide bonds. The fourth-order valence-corrected chi connectivity index (χ4v) is 1.69. The van der Waals surface area contributed by atoms with Crippen LogP contribution in [0.15, 0.2) is 18.2 Å². The van der Waals surface area contributed by atoms with Crippen LogP contribution in [0.1, 0.15) is 37.5 Å². The first-order chi connectivity index (χ1) is 6.35. The molecule has 0 unspecified atom stereocenters.